The minimum atomic E-state index is 0.0279. The Hall–Kier alpha value is -1.12. The topological polar surface area (TPSA) is 45.8 Å². The number of nitrogens with one attached hydrogen (secondary N) is 1. The summed E-state index contributed by atoms with van der Waals surface area (Å²) in [6, 6.07) is 0. The van der Waals surface area contributed by atoms with Crippen LogP contribution in [0.1, 0.15) is 67.0 Å². The van der Waals surface area contributed by atoms with Crippen molar-refractivity contribution >= 4 is 5.78 Å². The van der Waals surface area contributed by atoms with Crippen molar-refractivity contribution in [3.8, 4) is 0 Å². The monoisotopic (exact) mass is 206 g/mol. The Labute approximate surface area is 90.3 Å². The fourth-order valence-electron chi connectivity index (χ4n) is 2.41. The highest BCUT2D eigenvalue weighted by Crippen LogP contribution is 2.33. The minimum absolute atomic E-state index is 0.0279. The number of aromatic amines is 1. The molecule has 0 aliphatic heterocycles. The Bertz CT molecular complexity index is 362. The second-order valence-electron chi connectivity index (χ2n) is 4.49. The Balaban J connectivity index is 2.22. The predicted molar refractivity (Wildman–Crippen MR) is 59.2 cm³/mol. The van der Waals surface area contributed by atoms with Crippen LogP contribution in [0.15, 0.2) is 0 Å². The van der Waals surface area contributed by atoms with Gasteiger partial charge in [0.25, 0.3) is 0 Å². The van der Waals surface area contributed by atoms with Crippen LogP contribution in [0.4, 0.5) is 0 Å². The molecule has 0 radical (unpaired) electrons. The van der Waals surface area contributed by atoms with Crippen LogP contribution >= 0.6 is 0 Å². The molecule has 3 heteroatoms. The molecule has 0 spiro atoms. The van der Waals surface area contributed by atoms with Gasteiger partial charge in [-0.3, -0.25) is 4.79 Å². The number of Topliss-reactive ketones (excluding diaryl/α,β-unsaturated/α-hetero) is 1. The molecule has 1 heterocycles. The lowest BCUT2D eigenvalue weighted by atomic mass is 9.86. The van der Waals surface area contributed by atoms with Gasteiger partial charge in [-0.1, -0.05) is 19.3 Å². The van der Waals surface area contributed by atoms with Crippen LogP contribution in [0, 0.1) is 6.92 Å². The van der Waals surface area contributed by atoms with E-state index in [1.165, 1.54) is 32.1 Å². The zero-order chi connectivity index (χ0) is 10.8. The maximum absolute atomic E-state index is 11.2. The maximum Gasteiger partial charge on any atom is 0.194 e. The first-order valence-corrected chi connectivity index (χ1v) is 5.76. The zero-order valence-electron chi connectivity index (χ0n) is 9.47. The molecule has 0 aromatic carbocycles. The van der Waals surface area contributed by atoms with Gasteiger partial charge >= 0.3 is 0 Å². The van der Waals surface area contributed by atoms with E-state index in [1.807, 2.05) is 6.92 Å². The summed E-state index contributed by atoms with van der Waals surface area (Å²) < 4.78 is 0. The van der Waals surface area contributed by atoms with Crippen LogP contribution in [0.3, 0.4) is 0 Å². The minimum Gasteiger partial charge on any atom is -0.339 e. The molecule has 0 atom stereocenters. The second-order valence-corrected chi connectivity index (χ2v) is 4.49. The Morgan fingerprint density at radius 1 is 1.33 bits per heavy atom. The third kappa shape index (κ3) is 2.11. The summed E-state index contributed by atoms with van der Waals surface area (Å²) in [5.41, 5.74) is 2.20. The quantitative estimate of drug-likeness (QED) is 0.756. The van der Waals surface area contributed by atoms with Crippen molar-refractivity contribution < 1.29 is 4.79 Å². The number of hydrogen-bond acceptors (Lipinski definition) is 2. The molecule has 15 heavy (non-hydrogen) atoms. The van der Waals surface area contributed by atoms with Gasteiger partial charge in [-0.25, -0.2) is 4.98 Å². The molecule has 1 aliphatic rings. The molecule has 0 bridgehead atoms. The van der Waals surface area contributed by atoms with Crippen LogP contribution < -0.4 is 0 Å². The Kier molecular flexibility index (Phi) is 2.89. The van der Waals surface area contributed by atoms with Crippen LogP contribution in [0.2, 0.25) is 0 Å². The molecular weight excluding hydrogens is 188 g/mol. The number of nitrogens with zero attached hydrogens (tertiary/aromatic N) is 1. The predicted octanol–water partition coefficient (Wildman–Crippen LogP) is 2.97. The fraction of sp³-hybridized carbons (Fsp3) is 0.667. The van der Waals surface area contributed by atoms with Crippen molar-refractivity contribution in [1.29, 1.82) is 0 Å². The van der Waals surface area contributed by atoms with Crippen LogP contribution in [0.25, 0.3) is 0 Å². The first-order chi connectivity index (χ1) is 7.18. The molecule has 1 aromatic heterocycles. The average molecular weight is 206 g/mol. The van der Waals surface area contributed by atoms with E-state index < -0.39 is 0 Å². The largest absolute Gasteiger partial charge is 0.339 e. The molecule has 1 aromatic rings. The maximum atomic E-state index is 11.2. The number of imidazole rings is 1. The number of aryl methyl sites for hydroxylation is 1. The van der Waals surface area contributed by atoms with Crippen molar-refractivity contribution in [2.45, 2.75) is 51.9 Å². The van der Waals surface area contributed by atoms with Crippen molar-refractivity contribution in [1.82, 2.24) is 9.97 Å². The SMILES string of the molecule is CC(=O)c1nc(C2CCCCC2)c(C)[nH]1. The van der Waals surface area contributed by atoms with E-state index in [9.17, 15) is 4.79 Å². The molecule has 82 valence electrons. The number of hydrogen-bond donors (Lipinski definition) is 1. The zero-order valence-corrected chi connectivity index (χ0v) is 9.47. The standard InChI is InChI=1S/C12H18N2O/c1-8-11(10-6-4-3-5-7-10)14-12(13-8)9(2)15/h10H,3-7H2,1-2H3,(H,13,14). The van der Waals surface area contributed by atoms with Gasteiger partial charge < -0.3 is 4.98 Å². The van der Waals surface area contributed by atoms with Crippen molar-refractivity contribution in [2.24, 2.45) is 0 Å². The third-order valence-electron chi connectivity index (χ3n) is 3.25. The highest BCUT2D eigenvalue weighted by Gasteiger charge is 2.21. The number of carbonyl (C=O) groups excluding carboxylic acids is 1. The van der Waals surface area contributed by atoms with Gasteiger partial charge in [0.2, 0.25) is 0 Å². The second kappa shape index (κ2) is 4.17. The van der Waals surface area contributed by atoms with E-state index in [4.69, 9.17) is 0 Å². The van der Waals surface area contributed by atoms with E-state index in [0.29, 0.717) is 11.7 Å². The van der Waals surface area contributed by atoms with Crippen molar-refractivity contribution in [3.05, 3.63) is 17.2 Å². The molecule has 1 aliphatic carbocycles. The molecule has 0 unspecified atom stereocenters. The van der Waals surface area contributed by atoms with E-state index in [-0.39, 0.29) is 5.78 Å². The fourth-order valence-corrected chi connectivity index (χ4v) is 2.41. The number of carbonyl (C=O) groups is 1. The first-order valence-electron chi connectivity index (χ1n) is 5.76. The summed E-state index contributed by atoms with van der Waals surface area (Å²) in [7, 11) is 0. The van der Waals surface area contributed by atoms with Gasteiger partial charge in [0.05, 0.1) is 5.69 Å². The number of aromatic nitrogens is 2. The van der Waals surface area contributed by atoms with Crippen LogP contribution in [0.5, 0.6) is 0 Å². The number of H-pyrrole nitrogens is 1. The summed E-state index contributed by atoms with van der Waals surface area (Å²) >= 11 is 0. The van der Waals surface area contributed by atoms with E-state index >= 15 is 0 Å². The lowest BCUT2D eigenvalue weighted by molar-refractivity contribution is 0.100. The van der Waals surface area contributed by atoms with Crippen LogP contribution in [-0.4, -0.2) is 15.8 Å². The lowest BCUT2D eigenvalue weighted by Gasteiger charge is -2.20. The summed E-state index contributed by atoms with van der Waals surface area (Å²) in [6.07, 6.45) is 6.39. The summed E-state index contributed by atoms with van der Waals surface area (Å²) in [4.78, 5) is 18.7. The van der Waals surface area contributed by atoms with Gasteiger partial charge in [-0.05, 0) is 19.8 Å². The lowest BCUT2D eigenvalue weighted by Crippen LogP contribution is -2.06. The molecule has 2 rings (SSSR count). The van der Waals surface area contributed by atoms with Crippen molar-refractivity contribution in [2.75, 3.05) is 0 Å². The van der Waals surface area contributed by atoms with Gasteiger partial charge in [0.1, 0.15) is 0 Å². The van der Waals surface area contributed by atoms with E-state index in [1.54, 1.807) is 6.92 Å². The Morgan fingerprint density at radius 2 is 2.00 bits per heavy atom. The molecule has 0 amide bonds. The normalized spacial score (nSPS) is 18.0. The highest BCUT2D eigenvalue weighted by molar-refractivity contribution is 5.90. The van der Waals surface area contributed by atoms with Gasteiger partial charge in [-0.15, -0.1) is 0 Å². The molecule has 0 saturated heterocycles. The van der Waals surface area contributed by atoms with Crippen LogP contribution in [-0.2, 0) is 0 Å². The van der Waals surface area contributed by atoms with Gasteiger partial charge in [-0.2, -0.15) is 0 Å². The Morgan fingerprint density at radius 3 is 2.53 bits per heavy atom. The average Bonchev–Trinajstić information content (AvgIpc) is 2.62. The molecule has 1 N–H and O–H groups in total. The third-order valence-corrected chi connectivity index (χ3v) is 3.25. The van der Waals surface area contributed by atoms with E-state index in [0.717, 1.165) is 11.4 Å². The number of rotatable bonds is 2. The highest BCUT2D eigenvalue weighted by atomic mass is 16.1. The molecular formula is C12H18N2O. The van der Waals surface area contributed by atoms with E-state index in [2.05, 4.69) is 9.97 Å². The van der Waals surface area contributed by atoms with Gasteiger partial charge in [0.15, 0.2) is 11.6 Å². The first kappa shape index (κ1) is 10.4. The smallest absolute Gasteiger partial charge is 0.194 e. The molecule has 3 nitrogen and oxygen atoms in total. The molecule has 1 saturated carbocycles. The van der Waals surface area contributed by atoms with Crippen molar-refractivity contribution in [3.63, 3.8) is 0 Å². The summed E-state index contributed by atoms with van der Waals surface area (Å²) in [5.74, 6) is 1.12. The van der Waals surface area contributed by atoms with Gasteiger partial charge in [0, 0.05) is 18.5 Å². The molecule has 1 fully saturated rings. The number of ketones is 1. The summed E-state index contributed by atoms with van der Waals surface area (Å²) in [5, 5.41) is 0. The summed E-state index contributed by atoms with van der Waals surface area (Å²) in [6.45, 7) is 3.58.